The Balaban J connectivity index is 1.51. The lowest BCUT2D eigenvalue weighted by atomic mass is 9.85. The Morgan fingerprint density at radius 1 is 1.11 bits per heavy atom. The normalized spacial score (nSPS) is 22.1. The van der Waals surface area contributed by atoms with Gasteiger partial charge in [-0.15, -0.1) is 0 Å². The summed E-state index contributed by atoms with van der Waals surface area (Å²) in [5.41, 5.74) is 6.71. The van der Waals surface area contributed by atoms with Crippen LogP contribution in [0.5, 0.6) is 0 Å². The van der Waals surface area contributed by atoms with E-state index in [-0.39, 0.29) is 52.4 Å². The molecule has 2 aliphatic rings. The molecule has 2 fully saturated rings. The number of amides is 1. The minimum Gasteiger partial charge on any atom is -0.369 e. The Morgan fingerprint density at radius 2 is 1.77 bits per heavy atom. The van der Waals surface area contributed by atoms with E-state index in [0.717, 1.165) is 12.1 Å². The van der Waals surface area contributed by atoms with Crippen molar-refractivity contribution in [2.45, 2.75) is 56.5 Å². The Bertz CT molecular complexity index is 1260. The predicted octanol–water partition coefficient (Wildman–Crippen LogP) is 5.44. The lowest BCUT2D eigenvalue weighted by Gasteiger charge is -2.35. The average molecular weight is 528 g/mol. The maximum absolute atomic E-state index is 13.7. The van der Waals surface area contributed by atoms with Crippen molar-refractivity contribution in [2.75, 3.05) is 10.6 Å². The predicted molar refractivity (Wildman–Crippen MR) is 127 cm³/mol. The van der Waals surface area contributed by atoms with Crippen molar-refractivity contribution in [1.29, 1.82) is 0 Å². The summed E-state index contributed by atoms with van der Waals surface area (Å²) in [4.78, 5) is 25.0. The van der Waals surface area contributed by atoms with Gasteiger partial charge in [0.1, 0.15) is 11.3 Å². The van der Waals surface area contributed by atoms with Crippen LogP contribution in [0.1, 0.15) is 44.6 Å². The Labute approximate surface area is 208 Å². The number of hydrogen-bond donors (Lipinski definition) is 3. The van der Waals surface area contributed by atoms with Crippen molar-refractivity contribution in [3.63, 3.8) is 0 Å². The molecule has 0 aliphatic heterocycles. The van der Waals surface area contributed by atoms with Crippen molar-refractivity contribution in [3.8, 4) is 0 Å². The number of primary amides is 1. The van der Waals surface area contributed by atoms with Gasteiger partial charge in [-0.2, -0.15) is 4.98 Å². The van der Waals surface area contributed by atoms with Crippen molar-refractivity contribution in [3.05, 3.63) is 34.2 Å². The molecule has 5 rings (SSSR count). The smallest absolute Gasteiger partial charge is 0.252 e. The zero-order valence-electron chi connectivity index (χ0n) is 18.4. The number of nitrogens with one attached hydrogen (secondary N) is 2. The van der Waals surface area contributed by atoms with Gasteiger partial charge in [-0.05, 0) is 37.8 Å². The van der Waals surface area contributed by atoms with Gasteiger partial charge in [-0.1, -0.05) is 23.2 Å². The van der Waals surface area contributed by atoms with Gasteiger partial charge in [0.2, 0.25) is 17.8 Å². The first-order chi connectivity index (χ1) is 16.6. The molecule has 8 nitrogen and oxygen atoms in total. The fraction of sp³-hybridized carbons (Fsp3) is 0.455. The Hall–Kier alpha value is -2.79. The molecule has 3 aromatic rings. The van der Waals surface area contributed by atoms with Crippen LogP contribution in [-0.4, -0.2) is 37.4 Å². The van der Waals surface area contributed by atoms with Gasteiger partial charge < -0.3 is 16.4 Å². The number of carbonyl (C=O) groups is 1. The minimum atomic E-state index is -2.67. The maximum Gasteiger partial charge on any atom is 0.252 e. The summed E-state index contributed by atoms with van der Waals surface area (Å²) in [6.45, 7) is 0. The fourth-order valence-corrected chi connectivity index (χ4v) is 5.29. The standard InChI is InChI=1S/C22H22Cl2F3N7O/c23-14-5-11(25)6-15(24)17(14)32-21-31-16-9-29-20(30-12-7-22(26,27)8-12)33-19(16)34(21)13-3-1-10(2-4-13)18(28)35/h5-6,9-10,12-13H,1-4,7-8H2,(H2,28,35)(H,31,32)(H,29,30,33)/t10-,13+. The number of alkyl halides is 2. The lowest BCUT2D eigenvalue weighted by Crippen LogP contribution is -2.44. The fourth-order valence-electron chi connectivity index (χ4n) is 4.73. The number of carbonyl (C=O) groups excluding carboxylic acids is 1. The molecule has 35 heavy (non-hydrogen) atoms. The second kappa shape index (κ2) is 9.02. The number of nitrogens with zero attached hydrogens (tertiary/aromatic N) is 4. The number of imidazole rings is 1. The summed E-state index contributed by atoms with van der Waals surface area (Å²) in [5, 5.41) is 6.19. The summed E-state index contributed by atoms with van der Waals surface area (Å²) in [5.74, 6) is -3.20. The third-order valence-corrected chi connectivity index (χ3v) is 7.16. The van der Waals surface area contributed by atoms with E-state index in [1.54, 1.807) is 0 Å². The van der Waals surface area contributed by atoms with E-state index >= 15 is 0 Å². The summed E-state index contributed by atoms with van der Waals surface area (Å²) < 4.78 is 42.1. The van der Waals surface area contributed by atoms with Crippen LogP contribution in [-0.2, 0) is 4.79 Å². The van der Waals surface area contributed by atoms with Crippen LogP contribution >= 0.6 is 23.2 Å². The third-order valence-electron chi connectivity index (χ3n) is 6.56. The van der Waals surface area contributed by atoms with E-state index < -0.39 is 17.8 Å². The first-order valence-corrected chi connectivity index (χ1v) is 12.0. The lowest BCUT2D eigenvalue weighted by molar-refractivity contribution is -0.122. The van der Waals surface area contributed by atoms with Crippen LogP contribution in [0.2, 0.25) is 10.0 Å². The second-order valence-electron chi connectivity index (χ2n) is 9.09. The van der Waals surface area contributed by atoms with Gasteiger partial charge in [0.05, 0.1) is 21.9 Å². The van der Waals surface area contributed by atoms with Gasteiger partial charge >= 0.3 is 0 Å². The number of aromatic nitrogens is 4. The molecule has 2 saturated carbocycles. The molecule has 0 unspecified atom stereocenters. The molecule has 2 heterocycles. The molecule has 2 aliphatic carbocycles. The molecule has 0 radical (unpaired) electrons. The largest absolute Gasteiger partial charge is 0.369 e. The van der Waals surface area contributed by atoms with Gasteiger partial charge in [-0.25, -0.2) is 23.1 Å². The van der Waals surface area contributed by atoms with Crippen molar-refractivity contribution in [2.24, 2.45) is 11.7 Å². The highest BCUT2D eigenvalue weighted by Crippen LogP contribution is 2.41. The molecule has 186 valence electrons. The van der Waals surface area contributed by atoms with E-state index in [9.17, 15) is 18.0 Å². The van der Waals surface area contributed by atoms with Crippen LogP contribution in [0.15, 0.2) is 18.3 Å². The molecule has 0 bridgehead atoms. The number of rotatable bonds is 6. The molecule has 0 saturated heterocycles. The minimum absolute atomic E-state index is 0.0744. The van der Waals surface area contributed by atoms with Crippen LogP contribution in [0.25, 0.3) is 11.2 Å². The van der Waals surface area contributed by atoms with Crippen LogP contribution in [0.4, 0.5) is 30.8 Å². The van der Waals surface area contributed by atoms with Crippen LogP contribution < -0.4 is 16.4 Å². The maximum atomic E-state index is 13.7. The van der Waals surface area contributed by atoms with Gasteiger partial charge in [0, 0.05) is 30.8 Å². The number of nitrogens with two attached hydrogens (primary N) is 1. The van der Waals surface area contributed by atoms with E-state index in [2.05, 4.69) is 25.6 Å². The number of halogens is 5. The zero-order chi connectivity index (χ0) is 24.9. The van der Waals surface area contributed by atoms with Gasteiger partial charge in [0.15, 0.2) is 5.65 Å². The Kier molecular flexibility index (Phi) is 6.16. The van der Waals surface area contributed by atoms with Gasteiger partial charge in [0.25, 0.3) is 5.92 Å². The average Bonchev–Trinajstić information content (AvgIpc) is 3.12. The highest BCUT2D eigenvalue weighted by molar-refractivity contribution is 6.39. The highest BCUT2D eigenvalue weighted by Gasteiger charge is 2.45. The van der Waals surface area contributed by atoms with Crippen molar-refractivity contribution in [1.82, 2.24) is 19.5 Å². The molecular weight excluding hydrogens is 506 g/mol. The monoisotopic (exact) mass is 527 g/mol. The molecule has 0 spiro atoms. The number of fused-ring (bicyclic) bond motifs is 1. The SMILES string of the molecule is NC(=O)[C@H]1CC[C@@H](n2c(Nc3c(Cl)cc(F)cc3Cl)nc3cnc(NC4CC(F)(F)C4)nc32)CC1. The third kappa shape index (κ3) is 4.84. The number of anilines is 3. The number of benzene rings is 1. The summed E-state index contributed by atoms with van der Waals surface area (Å²) >= 11 is 12.5. The summed E-state index contributed by atoms with van der Waals surface area (Å²) in [6.07, 6.45) is 3.43. The first-order valence-electron chi connectivity index (χ1n) is 11.2. The molecule has 1 aromatic carbocycles. The second-order valence-corrected chi connectivity index (χ2v) is 9.90. The van der Waals surface area contributed by atoms with E-state index in [1.165, 1.54) is 6.20 Å². The topological polar surface area (TPSA) is 111 Å². The molecule has 0 atom stereocenters. The van der Waals surface area contributed by atoms with E-state index in [1.807, 2.05) is 4.57 Å². The molecular formula is C22H22Cl2F3N7O. The van der Waals surface area contributed by atoms with Crippen LogP contribution in [0.3, 0.4) is 0 Å². The molecule has 13 heteroatoms. The quantitative estimate of drug-likeness (QED) is 0.393. The van der Waals surface area contributed by atoms with E-state index in [4.69, 9.17) is 28.9 Å². The summed E-state index contributed by atoms with van der Waals surface area (Å²) in [7, 11) is 0. The molecule has 2 aromatic heterocycles. The molecule has 4 N–H and O–H groups in total. The van der Waals surface area contributed by atoms with Crippen LogP contribution in [0, 0.1) is 11.7 Å². The van der Waals surface area contributed by atoms with Crippen molar-refractivity contribution >= 4 is 57.9 Å². The van der Waals surface area contributed by atoms with Gasteiger partial charge in [-0.3, -0.25) is 9.36 Å². The first kappa shape index (κ1) is 23.9. The molecule has 1 amide bonds. The highest BCUT2D eigenvalue weighted by atomic mass is 35.5. The van der Waals surface area contributed by atoms with E-state index in [0.29, 0.717) is 42.8 Å². The summed E-state index contributed by atoms with van der Waals surface area (Å²) in [6, 6.07) is 1.76. The van der Waals surface area contributed by atoms with Crippen molar-refractivity contribution < 1.29 is 18.0 Å². The zero-order valence-corrected chi connectivity index (χ0v) is 19.9. The number of hydrogen-bond acceptors (Lipinski definition) is 6. The Morgan fingerprint density at radius 3 is 2.37 bits per heavy atom.